The molecule has 0 saturated carbocycles. The van der Waals surface area contributed by atoms with Crippen LogP contribution in [0.1, 0.15) is 36.8 Å². The topological polar surface area (TPSA) is 87.2 Å². The summed E-state index contributed by atoms with van der Waals surface area (Å²) in [5.41, 5.74) is -1.34. The van der Waals surface area contributed by atoms with Crippen LogP contribution in [0.3, 0.4) is 0 Å². The number of piperidine rings is 1. The molecule has 2 aromatic carbocycles. The van der Waals surface area contributed by atoms with Gasteiger partial charge in [0.1, 0.15) is 11.5 Å². The number of rotatable bonds is 7. The molecule has 13 heteroatoms. The van der Waals surface area contributed by atoms with Crippen LogP contribution in [0.15, 0.2) is 47.4 Å². The van der Waals surface area contributed by atoms with E-state index in [1.165, 1.54) is 0 Å². The maximum atomic E-state index is 13.3. The number of aliphatic hydroxyl groups is 1. The summed E-state index contributed by atoms with van der Waals surface area (Å²) in [4.78, 5) is 13.7. The number of hydrogen-bond donors (Lipinski definition) is 1. The Bertz CT molecular complexity index is 1250. The summed E-state index contributed by atoms with van der Waals surface area (Å²) >= 11 is 11.9. The van der Waals surface area contributed by atoms with Gasteiger partial charge in [0.2, 0.25) is 15.9 Å². The van der Waals surface area contributed by atoms with Gasteiger partial charge in [0.05, 0.1) is 27.8 Å². The average molecular weight is 595 g/mol. The van der Waals surface area contributed by atoms with Gasteiger partial charge >= 0.3 is 6.18 Å². The van der Waals surface area contributed by atoms with Gasteiger partial charge < -0.3 is 14.7 Å². The average Bonchev–Trinajstić information content (AvgIpc) is 3.33. The molecule has 4 rings (SSSR count). The third kappa shape index (κ3) is 6.13. The lowest BCUT2D eigenvalue weighted by atomic mass is 9.84. The molecule has 2 saturated heterocycles. The molecular formula is C25H27Cl2F3N2O5S. The quantitative estimate of drug-likeness (QED) is 0.502. The van der Waals surface area contributed by atoms with E-state index in [2.05, 4.69) is 0 Å². The number of nitrogens with zero attached hydrogens (tertiary/aromatic N) is 2. The molecule has 38 heavy (non-hydrogen) atoms. The highest BCUT2D eigenvalue weighted by Crippen LogP contribution is 2.40. The zero-order valence-electron chi connectivity index (χ0n) is 20.3. The van der Waals surface area contributed by atoms with Crippen molar-refractivity contribution in [1.29, 1.82) is 0 Å². The van der Waals surface area contributed by atoms with E-state index in [4.69, 9.17) is 27.9 Å². The highest BCUT2D eigenvalue weighted by Gasteiger charge is 2.40. The van der Waals surface area contributed by atoms with Crippen molar-refractivity contribution in [3.63, 3.8) is 0 Å². The van der Waals surface area contributed by atoms with Crippen molar-refractivity contribution >= 4 is 39.1 Å². The van der Waals surface area contributed by atoms with Crippen LogP contribution in [0.25, 0.3) is 0 Å². The summed E-state index contributed by atoms with van der Waals surface area (Å²) < 4.78 is 72.4. The number of alkyl halides is 3. The lowest BCUT2D eigenvalue weighted by molar-refractivity contribution is -0.141. The van der Waals surface area contributed by atoms with Gasteiger partial charge in [-0.1, -0.05) is 53.5 Å². The summed E-state index contributed by atoms with van der Waals surface area (Å²) in [7, 11) is -4.32. The van der Waals surface area contributed by atoms with Gasteiger partial charge in [-0.2, -0.15) is 17.5 Å². The summed E-state index contributed by atoms with van der Waals surface area (Å²) in [5.74, 6) is -0.277. The van der Waals surface area contributed by atoms with Crippen LogP contribution >= 0.6 is 23.2 Å². The van der Waals surface area contributed by atoms with E-state index in [9.17, 15) is 31.5 Å². The third-order valence-electron chi connectivity index (χ3n) is 7.01. The summed E-state index contributed by atoms with van der Waals surface area (Å²) in [5, 5.41) is 9.71. The van der Waals surface area contributed by atoms with Crippen LogP contribution in [0.4, 0.5) is 13.2 Å². The van der Waals surface area contributed by atoms with Gasteiger partial charge in [-0.3, -0.25) is 4.79 Å². The molecule has 7 nitrogen and oxygen atoms in total. The lowest BCUT2D eigenvalue weighted by Gasteiger charge is -2.38. The molecule has 0 aliphatic carbocycles. The zero-order valence-corrected chi connectivity index (χ0v) is 22.6. The fourth-order valence-electron chi connectivity index (χ4n) is 4.92. The Hall–Kier alpha value is -1.89. The highest BCUT2D eigenvalue weighted by atomic mass is 35.5. The normalized spacial score (nSPS) is 20.6. The Morgan fingerprint density at radius 3 is 2.26 bits per heavy atom. The third-order valence-corrected chi connectivity index (χ3v) is 9.88. The minimum Gasteiger partial charge on any atom is -0.385 e. The van der Waals surface area contributed by atoms with E-state index in [0.29, 0.717) is 50.9 Å². The van der Waals surface area contributed by atoms with Crippen molar-refractivity contribution < 1.29 is 36.2 Å². The Morgan fingerprint density at radius 1 is 1.08 bits per heavy atom. The fraction of sp³-hybridized carbons (Fsp3) is 0.480. The molecule has 0 spiro atoms. The maximum absolute atomic E-state index is 13.3. The summed E-state index contributed by atoms with van der Waals surface area (Å²) in [6, 6.07) is 9.73. The van der Waals surface area contributed by atoms with Crippen LogP contribution in [-0.2, 0) is 31.3 Å². The monoisotopic (exact) mass is 594 g/mol. The second kappa shape index (κ2) is 11.3. The largest absolute Gasteiger partial charge is 0.416 e. The standard InChI is InChI=1S/C25H27Cl2F3N2O5S/c26-20-13-18(25(28,29)30)14-21(27)23(20)38(35,36)32-10-4-7-19(32)15-37-16-22(33)31-11-8-24(34,9-12-31)17-5-2-1-3-6-17/h1-3,5-6,13-14,19,34H,4,7-12,15-16H2. The van der Waals surface area contributed by atoms with Crippen molar-refractivity contribution in [1.82, 2.24) is 9.21 Å². The van der Waals surface area contributed by atoms with Crippen LogP contribution in [0.5, 0.6) is 0 Å². The SMILES string of the molecule is O=C(COCC1CCCN1S(=O)(=O)c1c(Cl)cc(C(F)(F)F)cc1Cl)N1CCC(O)(c2ccccc2)CC1. The molecule has 1 amide bonds. The molecule has 2 aromatic rings. The Labute approximate surface area is 229 Å². The molecule has 2 fully saturated rings. The summed E-state index contributed by atoms with van der Waals surface area (Å²) in [6.07, 6.45) is -3.03. The van der Waals surface area contributed by atoms with Crippen LogP contribution in [0.2, 0.25) is 10.0 Å². The van der Waals surface area contributed by atoms with Gasteiger partial charge in [0, 0.05) is 25.7 Å². The first kappa shape index (κ1) is 29.1. The van der Waals surface area contributed by atoms with E-state index >= 15 is 0 Å². The van der Waals surface area contributed by atoms with E-state index < -0.39 is 48.3 Å². The molecule has 0 aromatic heterocycles. The van der Waals surface area contributed by atoms with Crippen LogP contribution in [0, 0.1) is 0 Å². The first-order valence-electron chi connectivity index (χ1n) is 12.0. The number of carbonyl (C=O) groups excluding carboxylic acids is 1. The summed E-state index contributed by atoms with van der Waals surface area (Å²) in [6.45, 7) is 0.464. The minimum absolute atomic E-state index is 0.0807. The number of likely N-dealkylation sites (tertiary alicyclic amines) is 1. The van der Waals surface area contributed by atoms with Crippen molar-refractivity contribution in [2.24, 2.45) is 0 Å². The van der Waals surface area contributed by atoms with Crippen molar-refractivity contribution in [3.05, 3.63) is 63.6 Å². The molecule has 1 unspecified atom stereocenters. The van der Waals surface area contributed by atoms with E-state index in [1.807, 2.05) is 30.3 Å². The Balaban J connectivity index is 1.35. The maximum Gasteiger partial charge on any atom is 0.416 e. The van der Waals surface area contributed by atoms with Crippen LogP contribution < -0.4 is 0 Å². The number of sulfonamides is 1. The van der Waals surface area contributed by atoms with E-state index in [1.54, 1.807) is 4.90 Å². The second-order valence-electron chi connectivity index (χ2n) is 9.47. The molecule has 2 heterocycles. The van der Waals surface area contributed by atoms with Gasteiger partial charge in [0.15, 0.2) is 0 Å². The van der Waals surface area contributed by atoms with Crippen molar-refractivity contribution in [2.75, 3.05) is 32.8 Å². The predicted octanol–water partition coefficient (Wildman–Crippen LogP) is 4.69. The molecule has 2 aliphatic heterocycles. The molecule has 1 atom stereocenters. The number of halogens is 5. The number of carbonyl (C=O) groups is 1. The molecule has 208 valence electrons. The van der Waals surface area contributed by atoms with Gasteiger partial charge in [0.25, 0.3) is 0 Å². The zero-order chi connectivity index (χ0) is 27.7. The van der Waals surface area contributed by atoms with E-state index in [0.717, 1.165) is 9.87 Å². The van der Waals surface area contributed by atoms with E-state index in [-0.39, 0.29) is 25.7 Å². The smallest absolute Gasteiger partial charge is 0.385 e. The Morgan fingerprint density at radius 2 is 1.68 bits per heavy atom. The number of hydrogen-bond acceptors (Lipinski definition) is 5. The molecule has 1 N–H and O–H groups in total. The number of amides is 1. The molecular weight excluding hydrogens is 568 g/mol. The minimum atomic E-state index is -4.74. The first-order chi connectivity index (χ1) is 17.8. The van der Waals surface area contributed by atoms with Gasteiger partial charge in [-0.25, -0.2) is 8.42 Å². The number of benzene rings is 2. The predicted molar refractivity (Wildman–Crippen MR) is 135 cm³/mol. The van der Waals surface area contributed by atoms with Crippen molar-refractivity contribution in [3.8, 4) is 0 Å². The molecule has 0 radical (unpaired) electrons. The fourth-order valence-corrected chi connectivity index (χ4v) is 7.76. The molecule has 0 bridgehead atoms. The lowest BCUT2D eigenvalue weighted by Crippen LogP contribution is -2.46. The first-order valence-corrected chi connectivity index (χ1v) is 14.2. The van der Waals surface area contributed by atoms with Crippen LogP contribution in [-0.4, -0.2) is 67.5 Å². The number of ether oxygens (including phenoxy) is 1. The van der Waals surface area contributed by atoms with Crippen molar-refractivity contribution in [2.45, 2.75) is 48.4 Å². The van der Waals surface area contributed by atoms with Gasteiger partial charge in [-0.15, -0.1) is 0 Å². The Kier molecular flexibility index (Phi) is 8.66. The van der Waals surface area contributed by atoms with Gasteiger partial charge in [-0.05, 0) is 43.4 Å². The second-order valence-corrected chi connectivity index (χ2v) is 12.1. The molecule has 2 aliphatic rings. The highest BCUT2D eigenvalue weighted by molar-refractivity contribution is 7.89.